The molecule has 0 radical (unpaired) electrons. The highest BCUT2D eigenvalue weighted by atomic mass is 16.5. The van der Waals surface area contributed by atoms with Gasteiger partial charge in [-0.1, -0.05) is 12.1 Å². The first-order valence-electron chi connectivity index (χ1n) is 11.3. The number of rotatable bonds is 8. The van der Waals surface area contributed by atoms with Gasteiger partial charge in [-0.25, -0.2) is 0 Å². The predicted molar refractivity (Wildman–Crippen MR) is 121 cm³/mol. The Balaban J connectivity index is 1.38. The summed E-state index contributed by atoms with van der Waals surface area (Å²) in [5, 5.41) is 7.08. The molecule has 0 spiro atoms. The van der Waals surface area contributed by atoms with E-state index in [0.717, 1.165) is 64.0 Å². The van der Waals surface area contributed by atoms with Crippen molar-refractivity contribution >= 4 is 11.6 Å². The van der Waals surface area contributed by atoms with Crippen LogP contribution >= 0.6 is 0 Å². The van der Waals surface area contributed by atoms with Crippen molar-refractivity contribution in [3.8, 4) is 0 Å². The Hall–Kier alpha value is -2.47. The van der Waals surface area contributed by atoms with Gasteiger partial charge in [-0.15, -0.1) is 0 Å². The van der Waals surface area contributed by atoms with E-state index in [4.69, 9.17) is 14.1 Å². The molecule has 4 rings (SSSR count). The molecule has 2 aliphatic heterocycles. The first-order valence-corrected chi connectivity index (χ1v) is 11.3. The number of hydrogen-bond acceptors (Lipinski definition) is 4. The van der Waals surface area contributed by atoms with Crippen molar-refractivity contribution in [2.45, 2.75) is 38.6 Å². The summed E-state index contributed by atoms with van der Waals surface area (Å²) in [6, 6.07) is 13.0. The van der Waals surface area contributed by atoms with Crippen molar-refractivity contribution < 1.29 is 9.15 Å². The number of furan rings is 1. The van der Waals surface area contributed by atoms with Crippen molar-refractivity contribution in [1.82, 2.24) is 10.6 Å². The zero-order chi connectivity index (χ0) is 20.6. The molecule has 2 N–H and O–H groups in total. The number of benzene rings is 1. The van der Waals surface area contributed by atoms with E-state index in [0.29, 0.717) is 5.92 Å². The third kappa shape index (κ3) is 5.79. The van der Waals surface area contributed by atoms with Crippen molar-refractivity contribution in [3.05, 3.63) is 54.0 Å². The van der Waals surface area contributed by atoms with Crippen LogP contribution in [-0.2, 0) is 11.2 Å². The molecule has 2 fully saturated rings. The fourth-order valence-corrected chi connectivity index (χ4v) is 4.11. The Labute approximate surface area is 179 Å². The maximum absolute atomic E-state index is 5.50. The predicted octanol–water partition coefficient (Wildman–Crippen LogP) is 3.76. The van der Waals surface area contributed by atoms with Crippen molar-refractivity contribution in [2.75, 3.05) is 44.3 Å². The number of nitrogens with zero attached hydrogens (tertiary/aromatic N) is 2. The lowest BCUT2D eigenvalue weighted by atomic mass is 10.1. The molecule has 0 saturated carbocycles. The summed E-state index contributed by atoms with van der Waals surface area (Å²) in [6.45, 7) is 7.76. The number of hydrogen-bond donors (Lipinski definition) is 2. The van der Waals surface area contributed by atoms with E-state index in [-0.39, 0.29) is 6.04 Å². The molecule has 0 aliphatic carbocycles. The molecule has 2 aliphatic rings. The quantitative estimate of drug-likeness (QED) is 0.513. The van der Waals surface area contributed by atoms with Gasteiger partial charge in [-0.2, -0.15) is 0 Å². The number of ether oxygens (including phenoxy) is 1. The molecule has 3 heterocycles. The highest BCUT2D eigenvalue weighted by molar-refractivity contribution is 5.80. The average Bonchev–Trinajstić information content (AvgIpc) is 3.55. The monoisotopic (exact) mass is 410 g/mol. The van der Waals surface area contributed by atoms with Crippen LogP contribution in [0.15, 0.2) is 52.1 Å². The molecule has 2 aromatic rings. The van der Waals surface area contributed by atoms with Gasteiger partial charge in [0.2, 0.25) is 0 Å². The van der Waals surface area contributed by atoms with E-state index in [1.54, 1.807) is 6.26 Å². The molecule has 2 atom stereocenters. The number of guanidine groups is 1. The largest absolute Gasteiger partial charge is 0.469 e. The lowest BCUT2D eigenvalue weighted by molar-refractivity contribution is 0.187. The van der Waals surface area contributed by atoms with Crippen molar-refractivity contribution in [3.63, 3.8) is 0 Å². The Morgan fingerprint density at radius 3 is 2.90 bits per heavy atom. The van der Waals surface area contributed by atoms with Gasteiger partial charge in [0.1, 0.15) is 5.76 Å². The molecule has 0 bridgehead atoms. The lowest BCUT2D eigenvalue weighted by Crippen LogP contribution is -2.40. The standard InChI is InChI=1S/C24H34N4O2/c1-19(21-6-4-7-22(16-21)28-12-2-3-13-28)27-24(26-17-20-10-15-29-18-20)25-11-9-23-8-5-14-30-23/h4-8,14,16,19-20H,2-3,9-13,15,17-18H2,1H3,(H2,25,26,27). The minimum atomic E-state index is 0.169. The van der Waals surface area contributed by atoms with Gasteiger partial charge >= 0.3 is 0 Å². The normalized spacial score (nSPS) is 20.5. The molecule has 30 heavy (non-hydrogen) atoms. The molecule has 1 aromatic heterocycles. The second kappa shape index (κ2) is 10.5. The van der Waals surface area contributed by atoms with Crippen LogP contribution in [0.1, 0.15) is 43.6 Å². The van der Waals surface area contributed by atoms with Crippen LogP contribution in [0.5, 0.6) is 0 Å². The van der Waals surface area contributed by atoms with Crippen LogP contribution in [0.4, 0.5) is 5.69 Å². The van der Waals surface area contributed by atoms with Crippen LogP contribution in [0, 0.1) is 5.92 Å². The van der Waals surface area contributed by atoms with Crippen LogP contribution in [0.3, 0.4) is 0 Å². The third-order valence-corrected chi connectivity index (χ3v) is 5.97. The van der Waals surface area contributed by atoms with E-state index < -0.39 is 0 Å². The minimum Gasteiger partial charge on any atom is -0.469 e. The first-order chi connectivity index (χ1) is 14.8. The second-order valence-corrected chi connectivity index (χ2v) is 8.33. The average molecular weight is 411 g/mol. The Morgan fingerprint density at radius 2 is 2.13 bits per heavy atom. The number of anilines is 1. The molecular weight excluding hydrogens is 376 g/mol. The van der Waals surface area contributed by atoms with Gasteiger partial charge in [0.05, 0.1) is 18.9 Å². The molecule has 2 unspecified atom stereocenters. The summed E-state index contributed by atoms with van der Waals surface area (Å²) in [6.07, 6.45) is 6.23. The van der Waals surface area contributed by atoms with Gasteiger partial charge in [-0.3, -0.25) is 4.99 Å². The lowest BCUT2D eigenvalue weighted by Gasteiger charge is -2.22. The zero-order valence-electron chi connectivity index (χ0n) is 18.0. The Kier molecular flexibility index (Phi) is 7.29. The fraction of sp³-hybridized carbons (Fsp3) is 0.542. The molecule has 2 saturated heterocycles. The minimum absolute atomic E-state index is 0.169. The van der Waals surface area contributed by atoms with Crippen LogP contribution in [0.2, 0.25) is 0 Å². The number of aliphatic imine (C=N–C) groups is 1. The Morgan fingerprint density at radius 1 is 1.23 bits per heavy atom. The van der Waals surface area contributed by atoms with E-state index in [1.165, 1.54) is 24.1 Å². The van der Waals surface area contributed by atoms with Crippen molar-refractivity contribution in [2.24, 2.45) is 10.9 Å². The van der Waals surface area contributed by atoms with Gasteiger partial charge in [0.15, 0.2) is 5.96 Å². The topological polar surface area (TPSA) is 62.0 Å². The molecule has 162 valence electrons. The summed E-state index contributed by atoms with van der Waals surface area (Å²) in [5.41, 5.74) is 2.61. The summed E-state index contributed by atoms with van der Waals surface area (Å²) in [7, 11) is 0. The fourth-order valence-electron chi connectivity index (χ4n) is 4.11. The van der Waals surface area contributed by atoms with Gasteiger partial charge in [-0.05, 0) is 56.0 Å². The maximum Gasteiger partial charge on any atom is 0.191 e. The SMILES string of the molecule is CC(NC(=NCC1CCOC1)NCCc1ccco1)c1cccc(N2CCCC2)c1. The van der Waals surface area contributed by atoms with E-state index in [2.05, 4.69) is 46.7 Å². The Bertz CT molecular complexity index is 793. The summed E-state index contributed by atoms with van der Waals surface area (Å²) >= 11 is 0. The molecule has 0 amide bonds. The maximum atomic E-state index is 5.50. The number of nitrogens with one attached hydrogen (secondary N) is 2. The van der Waals surface area contributed by atoms with E-state index in [9.17, 15) is 0 Å². The van der Waals surface area contributed by atoms with Crippen LogP contribution < -0.4 is 15.5 Å². The van der Waals surface area contributed by atoms with Gasteiger partial charge < -0.3 is 24.7 Å². The molecular formula is C24H34N4O2. The molecule has 6 nitrogen and oxygen atoms in total. The van der Waals surface area contributed by atoms with Gasteiger partial charge in [0.25, 0.3) is 0 Å². The summed E-state index contributed by atoms with van der Waals surface area (Å²) in [4.78, 5) is 7.34. The highest BCUT2D eigenvalue weighted by Crippen LogP contribution is 2.24. The van der Waals surface area contributed by atoms with Crippen LogP contribution in [-0.4, -0.2) is 45.4 Å². The molecule has 1 aromatic carbocycles. The molecule has 6 heteroatoms. The highest BCUT2D eigenvalue weighted by Gasteiger charge is 2.17. The van der Waals surface area contributed by atoms with E-state index >= 15 is 0 Å². The zero-order valence-corrected chi connectivity index (χ0v) is 18.0. The van der Waals surface area contributed by atoms with Crippen molar-refractivity contribution in [1.29, 1.82) is 0 Å². The van der Waals surface area contributed by atoms with Crippen LogP contribution in [0.25, 0.3) is 0 Å². The van der Waals surface area contributed by atoms with E-state index in [1.807, 2.05) is 12.1 Å². The van der Waals surface area contributed by atoms with Gasteiger partial charge in [0, 0.05) is 50.8 Å². The summed E-state index contributed by atoms with van der Waals surface area (Å²) < 4.78 is 11.0. The second-order valence-electron chi connectivity index (χ2n) is 8.33. The first kappa shape index (κ1) is 20.8. The smallest absolute Gasteiger partial charge is 0.191 e. The summed E-state index contributed by atoms with van der Waals surface area (Å²) in [5.74, 6) is 2.35. The third-order valence-electron chi connectivity index (χ3n) is 5.97.